The number of hydrogen-bond donors (Lipinski definition) is 1. The standard InChI is InChI=1S/C13H28N2/c1-5-14-13(10-15(3)4)12-8-6-11(2)7-9-12/h11-14H,5-10H2,1-4H3. The molecule has 0 aliphatic heterocycles. The maximum absolute atomic E-state index is 3.66. The number of likely N-dealkylation sites (N-methyl/N-ethyl adjacent to an activating group) is 2. The van der Waals surface area contributed by atoms with Crippen LogP contribution in [0.3, 0.4) is 0 Å². The molecule has 0 radical (unpaired) electrons. The van der Waals surface area contributed by atoms with Crippen molar-refractivity contribution in [3.8, 4) is 0 Å². The Kier molecular flexibility index (Phi) is 5.62. The zero-order chi connectivity index (χ0) is 11.3. The van der Waals surface area contributed by atoms with Gasteiger partial charge in [0.2, 0.25) is 0 Å². The number of rotatable bonds is 5. The van der Waals surface area contributed by atoms with E-state index in [1.54, 1.807) is 0 Å². The summed E-state index contributed by atoms with van der Waals surface area (Å²) >= 11 is 0. The van der Waals surface area contributed by atoms with E-state index in [9.17, 15) is 0 Å². The smallest absolute Gasteiger partial charge is 0.0222 e. The van der Waals surface area contributed by atoms with Crippen LogP contribution >= 0.6 is 0 Å². The Morgan fingerprint density at radius 1 is 1.20 bits per heavy atom. The van der Waals surface area contributed by atoms with Crippen LogP contribution < -0.4 is 5.32 Å². The predicted molar refractivity (Wildman–Crippen MR) is 67.1 cm³/mol. The first-order valence-corrected chi connectivity index (χ1v) is 6.51. The van der Waals surface area contributed by atoms with E-state index in [-0.39, 0.29) is 0 Å². The van der Waals surface area contributed by atoms with Crippen molar-refractivity contribution in [1.29, 1.82) is 0 Å². The van der Waals surface area contributed by atoms with E-state index in [2.05, 4.69) is 38.2 Å². The second-order valence-electron chi connectivity index (χ2n) is 5.45. The lowest BCUT2D eigenvalue weighted by molar-refractivity contribution is 0.200. The second kappa shape index (κ2) is 6.49. The molecule has 15 heavy (non-hydrogen) atoms. The van der Waals surface area contributed by atoms with Crippen molar-refractivity contribution < 1.29 is 0 Å². The van der Waals surface area contributed by atoms with Gasteiger partial charge in [0.15, 0.2) is 0 Å². The van der Waals surface area contributed by atoms with Gasteiger partial charge >= 0.3 is 0 Å². The van der Waals surface area contributed by atoms with Crippen molar-refractivity contribution in [2.24, 2.45) is 11.8 Å². The van der Waals surface area contributed by atoms with Gasteiger partial charge in [-0.1, -0.05) is 26.7 Å². The highest BCUT2D eigenvalue weighted by atomic mass is 15.1. The van der Waals surface area contributed by atoms with Gasteiger partial charge in [0.05, 0.1) is 0 Å². The zero-order valence-electron chi connectivity index (χ0n) is 10.9. The summed E-state index contributed by atoms with van der Waals surface area (Å²) in [6.07, 6.45) is 5.71. The Bertz CT molecular complexity index is 160. The van der Waals surface area contributed by atoms with E-state index >= 15 is 0 Å². The molecular weight excluding hydrogens is 184 g/mol. The van der Waals surface area contributed by atoms with Crippen LogP contribution in [0.15, 0.2) is 0 Å². The average molecular weight is 212 g/mol. The highest BCUT2D eigenvalue weighted by molar-refractivity contribution is 4.82. The van der Waals surface area contributed by atoms with Crippen molar-refractivity contribution in [2.45, 2.75) is 45.6 Å². The van der Waals surface area contributed by atoms with Gasteiger partial charge in [-0.2, -0.15) is 0 Å². The minimum Gasteiger partial charge on any atom is -0.313 e. The van der Waals surface area contributed by atoms with Crippen LogP contribution in [0.1, 0.15) is 39.5 Å². The van der Waals surface area contributed by atoms with Crippen LogP contribution in [-0.2, 0) is 0 Å². The Morgan fingerprint density at radius 2 is 1.80 bits per heavy atom. The van der Waals surface area contributed by atoms with Crippen molar-refractivity contribution in [2.75, 3.05) is 27.2 Å². The van der Waals surface area contributed by atoms with Crippen molar-refractivity contribution >= 4 is 0 Å². The topological polar surface area (TPSA) is 15.3 Å². The monoisotopic (exact) mass is 212 g/mol. The molecule has 0 aromatic rings. The lowest BCUT2D eigenvalue weighted by atomic mass is 9.79. The summed E-state index contributed by atoms with van der Waals surface area (Å²) in [6.45, 7) is 6.90. The predicted octanol–water partition coefficient (Wildman–Crippen LogP) is 2.35. The molecule has 0 aromatic heterocycles. The first-order chi connectivity index (χ1) is 7.13. The number of nitrogens with one attached hydrogen (secondary N) is 1. The van der Waals surface area contributed by atoms with E-state index in [4.69, 9.17) is 0 Å². The van der Waals surface area contributed by atoms with Crippen LogP contribution in [0.2, 0.25) is 0 Å². The summed E-state index contributed by atoms with van der Waals surface area (Å²) in [7, 11) is 4.35. The fourth-order valence-corrected chi connectivity index (χ4v) is 2.72. The average Bonchev–Trinajstić information content (AvgIpc) is 2.17. The van der Waals surface area contributed by atoms with E-state index in [1.807, 2.05) is 0 Å². The van der Waals surface area contributed by atoms with Crippen LogP contribution in [0, 0.1) is 11.8 Å². The van der Waals surface area contributed by atoms with E-state index in [1.165, 1.54) is 32.2 Å². The molecule has 1 rings (SSSR count). The molecule has 2 heteroatoms. The molecular formula is C13H28N2. The first kappa shape index (κ1) is 13.0. The van der Waals surface area contributed by atoms with Crippen LogP contribution in [0.5, 0.6) is 0 Å². The summed E-state index contributed by atoms with van der Waals surface area (Å²) in [4.78, 5) is 2.31. The van der Waals surface area contributed by atoms with E-state index in [0.29, 0.717) is 6.04 Å². The van der Waals surface area contributed by atoms with Gasteiger partial charge in [-0.3, -0.25) is 0 Å². The summed E-state index contributed by atoms with van der Waals surface area (Å²) in [5.74, 6) is 1.87. The van der Waals surface area contributed by atoms with Gasteiger partial charge < -0.3 is 10.2 Å². The van der Waals surface area contributed by atoms with Gasteiger partial charge in [-0.25, -0.2) is 0 Å². The van der Waals surface area contributed by atoms with Crippen molar-refractivity contribution in [3.63, 3.8) is 0 Å². The summed E-state index contributed by atoms with van der Waals surface area (Å²) < 4.78 is 0. The molecule has 2 nitrogen and oxygen atoms in total. The molecule has 1 N–H and O–H groups in total. The number of nitrogens with zero attached hydrogens (tertiary/aromatic N) is 1. The molecule has 0 spiro atoms. The van der Waals surface area contributed by atoms with Crippen molar-refractivity contribution in [1.82, 2.24) is 10.2 Å². The SMILES string of the molecule is CCNC(CN(C)C)C1CCC(C)CC1. The summed E-state index contributed by atoms with van der Waals surface area (Å²) in [6, 6.07) is 0.706. The molecule has 1 unspecified atom stereocenters. The third kappa shape index (κ3) is 4.52. The Morgan fingerprint density at radius 3 is 2.27 bits per heavy atom. The van der Waals surface area contributed by atoms with Gasteiger partial charge in [0.25, 0.3) is 0 Å². The van der Waals surface area contributed by atoms with Crippen LogP contribution in [0.4, 0.5) is 0 Å². The van der Waals surface area contributed by atoms with E-state index in [0.717, 1.165) is 18.4 Å². The Labute approximate surface area is 95.4 Å². The minimum absolute atomic E-state index is 0.706. The second-order valence-corrected chi connectivity index (χ2v) is 5.45. The lowest BCUT2D eigenvalue weighted by Crippen LogP contribution is -2.44. The lowest BCUT2D eigenvalue weighted by Gasteiger charge is -2.34. The maximum Gasteiger partial charge on any atom is 0.0222 e. The molecule has 1 atom stereocenters. The molecule has 0 amide bonds. The third-order valence-corrected chi connectivity index (χ3v) is 3.66. The largest absolute Gasteiger partial charge is 0.313 e. The zero-order valence-corrected chi connectivity index (χ0v) is 10.9. The molecule has 0 aromatic carbocycles. The molecule has 0 saturated heterocycles. The highest BCUT2D eigenvalue weighted by Crippen LogP contribution is 2.30. The Balaban J connectivity index is 2.40. The van der Waals surface area contributed by atoms with Crippen LogP contribution in [-0.4, -0.2) is 38.1 Å². The molecule has 1 aliphatic carbocycles. The molecule has 0 heterocycles. The normalized spacial score (nSPS) is 29.4. The molecule has 1 fully saturated rings. The van der Waals surface area contributed by atoms with Gasteiger partial charge in [0, 0.05) is 12.6 Å². The Hall–Kier alpha value is -0.0800. The molecule has 1 saturated carbocycles. The third-order valence-electron chi connectivity index (χ3n) is 3.66. The molecule has 90 valence electrons. The molecule has 0 bridgehead atoms. The summed E-state index contributed by atoms with van der Waals surface area (Å²) in [5.41, 5.74) is 0. The quantitative estimate of drug-likeness (QED) is 0.752. The van der Waals surface area contributed by atoms with Gasteiger partial charge in [-0.15, -0.1) is 0 Å². The number of hydrogen-bond acceptors (Lipinski definition) is 2. The van der Waals surface area contributed by atoms with Gasteiger partial charge in [0.1, 0.15) is 0 Å². The fraction of sp³-hybridized carbons (Fsp3) is 1.00. The maximum atomic E-state index is 3.66. The van der Waals surface area contributed by atoms with E-state index < -0.39 is 0 Å². The minimum atomic E-state index is 0.706. The van der Waals surface area contributed by atoms with Gasteiger partial charge in [-0.05, 0) is 45.3 Å². The highest BCUT2D eigenvalue weighted by Gasteiger charge is 2.25. The van der Waals surface area contributed by atoms with Crippen molar-refractivity contribution in [3.05, 3.63) is 0 Å². The van der Waals surface area contributed by atoms with Crippen LogP contribution in [0.25, 0.3) is 0 Å². The first-order valence-electron chi connectivity index (χ1n) is 6.51. The molecule has 1 aliphatic rings. The fourth-order valence-electron chi connectivity index (χ4n) is 2.72. The summed E-state index contributed by atoms with van der Waals surface area (Å²) in [5, 5.41) is 3.66.